The van der Waals surface area contributed by atoms with Gasteiger partial charge in [-0.1, -0.05) is 0 Å². The highest BCUT2D eigenvalue weighted by Crippen LogP contribution is 2.30. The molecule has 0 aliphatic carbocycles. The van der Waals surface area contributed by atoms with Crippen LogP contribution in [0.15, 0.2) is 17.0 Å². The number of nitrogens with zero attached hydrogens (tertiary/aromatic N) is 3. The Hall–Kier alpha value is -1.23. The summed E-state index contributed by atoms with van der Waals surface area (Å²) >= 11 is 0. The molecular formula is C16H22F3N3O3S. The highest BCUT2D eigenvalue weighted by atomic mass is 32.2. The highest BCUT2D eigenvalue weighted by molar-refractivity contribution is 7.89. The van der Waals surface area contributed by atoms with Crippen molar-refractivity contribution in [2.45, 2.75) is 36.9 Å². The van der Waals surface area contributed by atoms with Gasteiger partial charge in [0.05, 0.1) is 5.69 Å². The van der Waals surface area contributed by atoms with Crippen LogP contribution in [0, 0.1) is 6.92 Å². The Morgan fingerprint density at radius 2 is 1.73 bits per heavy atom. The number of ether oxygens (including phenoxy) is 1. The van der Waals surface area contributed by atoms with E-state index in [-0.39, 0.29) is 10.6 Å². The fraction of sp³-hybridized carbons (Fsp3) is 0.688. The van der Waals surface area contributed by atoms with Crippen LogP contribution in [-0.2, 0) is 20.9 Å². The molecule has 26 heavy (non-hydrogen) atoms. The summed E-state index contributed by atoms with van der Waals surface area (Å²) in [5.41, 5.74) is -1.22. The van der Waals surface area contributed by atoms with Crippen molar-refractivity contribution in [3.63, 3.8) is 0 Å². The summed E-state index contributed by atoms with van der Waals surface area (Å²) in [4.78, 5) is 5.55. The lowest BCUT2D eigenvalue weighted by Crippen LogP contribution is -2.53. The third-order valence-corrected chi connectivity index (χ3v) is 6.96. The van der Waals surface area contributed by atoms with E-state index in [2.05, 4.69) is 9.88 Å². The molecule has 0 N–H and O–H groups in total. The molecule has 2 saturated heterocycles. The van der Waals surface area contributed by atoms with Gasteiger partial charge in [0.2, 0.25) is 10.0 Å². The Labute approximate surface area is 151 Å². The second-order valence-electron chi connectivity index (χ2n) is 6.56. The summed E-state index contributed by atoms with van der Waals surface area (Å²) in [7, 11) is -3.86. The Kier molecular flexibility index (Phi) is 5.57. The summed E-state index contributed by atoms with van der Waals surface area (Å²) in [6.07, 6.45) is -2.72. The largest absolute Gasteiger partial charge is 0.433 e. The van der Waals surface area contributed by atoms with E-state index >= 15 is 0 Å². The average Bonchev–Trinajstić information content (AvgIpc) is 2.61. The molecule has 1 aromatic rings. The Morgan fingerprint density at radius 3 is 2.27 bits per heavy atom. The van der Waals surface area contributed by atoms with Crippen molar-refractivity contribution < 1.29 is 26.3 Å². The maximum absolute atomic E-state index is 12.8. The number of hydrogen-bond donors (Lipinski definition) is 0. The molecule has 0 atom stereocenters. The van der Waals surface area contributed by atoms with Gasteiger partial charge in [0, 0.05) is 45.4 Å². The molecule has 0 amide bonds. The Bertz CT molecular complexity index is 741. The SMILES string of the molecule is Cc1nc(C(F)(F)F)ccc1S(=O)(=O)N1CCN(C2CCOCC2)CC1. The first-order chi connectivity index (χ1) is 12.2. The Morgan fingerprint density at radius 1 is 1.12 bits per heavy atom. The molecule has 146 valence electrons. The van der Waals surface area contributed by atoms with Gasteiger partial charge in [-0.25, -0.2) is 13.4 Å². The van der Waals surface area contributed by atoms with Crippen molar-refractivity contribution in [1.29, 1.82) is 0 Å². The predicted octanol–water partition coefficient (Wildman–Crippen LogP) is 1.89. The van der Waals surface area contributed by atoms with Crippen molar-refractivity contribution in [2.24, 2.45) is 0 Å². The van der Waals surface area contributed by atoms with Crippen LogP contribution in [-0.4, -0.2) is 68.0 Å². The van der Waals surface area contributed by atoms with Crippen LogP contribution >= 0.6 is 0 Å². The van der Waals surface area contributed by atoms with E-state index < -0.39 is 21.9 Å². The lowest BCUT2D eigenvalue weighted by molar-refractivity contribution is -0.141. The summed E-state index contributed by atoms with van der Waals surface area (Å²) < 4.78 is 70.5. The van der Waals surface area contributed by atoms with Gasteiger partial charge in [0.1, 0.15) is 10.6 Å². The van der Waals surface area contributed by atoms with Crippen LogP contribution in [0.3, 0.4) is 0 Å². The summed E-state index contributed by atoms with van der Waals surface area (Å²) in [5.74, 6) is 0. The maximum atomic E-state index is 12.8. The first kappa shape index (κ1) is 19.5. The van der Waals surface area contributed by atoms with E-state index in [1.165, 1.54) is 11.2 Å². The van der Waals surface area contributed by atoms with Gasteiger partial charge >= 0.3 is 6.18 Å². The van der Waals surface area contributed by atoms with Crippen LogP contribution in [0.5, 0.6) is 0 Å². The molecule has 2 aliphatic heterocycles. The zero-order valence-electron chi connectivity index (χ0n) is 14.5. The summed E-state index contributed by atoms with van der Waals surface area (Å²) in [6.45, 7) is 4.59. The van der Waals surface area contributed by atoms with Crippen molar-refractivity contribution in [3.05, 3.63) is 23.5 Å². The molecule has 0 bridgehead atoms. The number of sulfonamides is 1. The third kappa shape index (κ3) is 4.03. The molecule has 3 rings (SSSR count). The van der Waals surface area contributed by atoms with E-state index in [0.29, 0.717) is 32.2 Å². The molecule has 0 radical (unpaired) electrons. The number of piperazine rings is 1. The fourth-order valence-corrected chi connectivity index (χ4v) is 5.06. The number of aryl methyl sites for hydroxylation is 1. The number of alkyl halides is 3. The van der Waals surface area contributed by atoms with Crippen LogP contribution in [0.4, 0.5) is 13.2 Å². The molecule has 2 aliphatic rings. The van der Waals surface area contributed by atoms with Crippen LogP contribution < -0.4 is 0 Å². The van der Waals surface area contributed by atoms with Gasteiger partial charge in [-0.3, -0.25) is 4.90 Å². The van der Waals surface area contributed by atoms with E-state index in [0.717, 1.165) is 38.2 Å². The second-order valence-corrected chi connectivity index (χ2v) is 8.47. The fourth-order valence-electron chi connectivity index (χ4n) is 3.48. The van der Waals surface area contributed by atoms with Crippen LogP contribution in [0.1, 0.15) is 24.2 Å². The van der Waals surface area contributed by atoms with E-state index in [1.807, 2.05) is 0 Å². The maximum Gasteiger partial charge on any atom is 0.433 e. The normalized spacial score (nSPS) is 21.8. The molecule has 3 heterocycles. The van der Waals surface area contributed by atoms with E-state index in [4.69, 9.17) is 4.74 Å². The molecule has 10 heteroatoms. The van der Waals surface area contributed by atoms with Gasteiger partial charge in [-0.2, -0.15) is 17.5 Å². The zero-order valence-corrected chi connectivity index (χ0v) is 15.3. The first-order valence-corrected chi connectivity index (χ1v) is 10.0. The van der Waals surface area contributed by atoms with Gasteiger partial charge in [0.25, 0.3) is 0 Å². The van der Waals surface area contributed by atoms with Crippen molar-refractivity contribution in [1.82, 2.24) is 14.2 Å². The molecule has 0 unspecified atom stereocenters. The predicted molar refractivity (Wildman–Crippen MR) is 88.1 cm³/mol. The van der Waals surface area contributed by atoms with Crippen LogP contribution in [0.25, 0.3) is 0 Å². The van der Waals surface area contributed by atoms with Crippen molar-refractivity contribution in [3.8, 4) is 0 Å². The Balaban J connectivity index is 1.71. The lowest BCUT2D eigenvalue weighted by atomic mass is 10.1. The van der Waals surface area contributed by atoms with Gasteiger partial charge < -0.3 is 4.74 Å². The monoisotopic (exact) mass is 393 g/mol. The number of halogens is 3. The van der Waals surface area contributed by atoms with Gasteiger partial charge in [-0.15, -0.1) is 0 Å². The first-order valence-electron chi connectivity index (χ1n) is 8.56. The number of hydrogen-bond acceptors (Lipinski definition) is 5. The van der Waals surface area contributed by atoms with Gasteiger partial charge in [0.15, 0.2) is 0 Å². The van der Waals surface area contributed by atoms with E-state index in [1.54, 1.807) is 0 Å². The number of pyridine rings is 1. The summed E-state index contributed by atoms with van der Waals surface area (Å²) in [5, 5.41) is 0. The molecule has 2 fully saturated rings. The average molecular weight is 393 g/mol. The topological polar surface area (TPSA) is 62.7 Å². The second kappa shape index (κ2) is 7.41. The van der Waals surface area contributed by atoms with E-state index in [9.17, 15) is 21.6 Å². The number of rotatable bonds is 3. The number of aromatic nitrogens is 1. The van der Waals surface area contributed by atoms with Crippen molar-refractivity contribution in [2.75, 3.05) is 39.4 Å². The molecule has 0 spiro atoms. The molecule has 6 nitrogen and oxygen atoms in total. The van der Waals surface area contributed by atoms with Gasteiger partial charge in [-0.05, 0) is 31.9 Å². The minimum Gasteiger partial charge on any atom is -0.381 e. The molecule has 0 aromatic carbocycles. The molecular weight excluding hydrogens is 371 g/mol. The third-order valence-electron chi connectivity index (χ3n) is 4.93. The smallest absolute Gasteiger partial charge is 0.381 e. The highest BCUT2D eigenvalue weighted by Gasteiger charge is 2.36. The minimum atomic E-state index is -4.59. The van der Waals surface area contributed by atoms with Crippen LogP contribution in [0.2, 0.25) is 0 Å². The summed E-state index contributed by atoms with van der Waals surface area (Å²) in [6, 6.07) is 2.13. The lowest BCUT2D eigenvalue weighted by Gasteiger charge is -2.40. The quantitative estimate of drug-likeness (QED) is 0.785. The standard InChI is InChI=1S/C16H22F3N3O3S/c1-12-14(2-3-15(20-12)16(17,18)19)26(23,24)22-8-6-21(7-9-22)13-4-10-25-11-5-13/h2-3,13H,4-11H2,1H3. The minimum absolute atomic E-state index is 0.133. The molecule has 0 saturated carbocycles. The van der Waals surface area contributed by atoms with Crippen molar-refractivity contribution >= 4 is 10.0 Å². The zero-order chi connectivity index (χ0) is 18.9. The molecule has 1 aromatic heterocycles.